The molecule has 1 unspecified atom stereocenters. The van der Waals surface area contributed by atoms with Crippen LogP contribution in [0.3, 0.4) is 0 Å². The third kappa shape index (κ3) is 3.82. The molecule has 138 valence electrons. The van der Waals surface area contributed by atoms with Gasteiger partial charge < -0.3 is 9.30 Å². The number of rotatable bonds is 5. The van der Waals surface area contributed by atoms with Crippen molar-refractivity contribution in [1.29, 1.82) is 0 Å². The SMILES string of the molecule is Cc1cc(C(=O)OC(C)C(=O)c2ccccc2)c(C)n1-c1ccc(F)cc1. The fourth-order valence-electron chi connectivity index (χ4n) is 3.07. The molecule has 0 saturated heterocycles. The van der Waals surface area contributed by atoms with Crippen molar-refractivity contribution in [2.24, 2.45) is 0 Å². The highest BCUT2D eigenvalue weighted by molar-refractivity contribution is 6.01. The fourth-order valence-corrected chi connectivity index (χ4v) is 3.07. The minimum Gasteiger partial charge on any atom is -0.451 e. The highest BCUT2D eigenvalue weighted by Crippen LogP contribution is 2.22. The molecule has 5 heteroatoms. The van der Waals surface area contributed by atoms with Crippen molar-refractivity contribution in [2.75, 3.05) is 0 Å². The van der Waals surface area contributed by atoms with Gasteiger partial charge in [-0.25, -0.2) is 9.18 Å². The molecule has 0 radical (unpaired) electrons. The molecule has 1 aromatic heterocycles. The zero-order valence-electron chi connectivity index (χ0n) is 15.4. The summed E-state index contributed by atoms with van der Waals surface area (Å²) in [7, 11) is 0. The van der Waals surface area contributed by atoms with E-state index in [4.69, 9.17) is 4.74 Å². The molecule has 3 aromatic rings. The van der Waals surface area contributed by atoms with Gasteiger partial charge in [-0.1, -0.05) is 30.3 Å². The van der Waals surface area contributed by atoms with E-state index in [1.807, 2.05) is 17.6 Å². The number of benzene rings is 2. The van der Waals surface area contributed by atoms with Crippen LogP contribution >= 0.6 is 0 Å². The number of halogens is 1. The molecule has 0 bridgehead atoms. The largest absolute Gasteiger partial charge is 0.451 e. The Morgan fingerprint density at radius 2 is 1.63 bits per heavy atom. The number of aromatic nitrogens is 1. The summed E-state index contributed by atoms with van der Waals surface area (Å²) >= 11 is 0. The summed E-state index contributed by atoms with van der Waals surface area (Å²) in [6, 6.07) is 16.5. The van der Waals surface area contributed by atoms with Crippen molar-refractivity contribution < 1.29 is 18.7 Å². The number of nitrogens with zero attached hydrogens (tertiary/aromatic N) is 1. The van der Waals surface area contributed by atoms with Gasteiger partial charge in [-0.2, -0.15) is 0 Å². The number of aryl methyl sites for hydroxylation is 1. The molecule has 1 heterocycles. The standard InChI is InChI=1S/C22H20FNO3/c1-14-13-20(15(2)24(14)19-11-9-18(23)10-12-19)22(26)27-16(3)21(25)17-7-5-4-6-8-17/h4-13,16H,1-3H3. The number of hydrogen-bond acceptors (Lipinski definition) is 3. The number of carbonyl (C=O) groups is 2. The monoisotopic (exact) mass is 365 g/mol. The Morgan fingerprint density at radius 1 is 1.00 bits per heavy atom. The molecule has 0 saturated carbocycles. The van der Waals surface area contributed by atoms with E-state index in [1.165, 1.54) is 12.1 Å². The van der Waals surface area contributed by atoms with Crippen molar-refractivity contribution in [3.05, 3.63) is 89.0 Å². The predicted octanol–water partition coefficient (Wildman–Crippen LogP) is 4.66. The lowest BCUT2D eigenvalue weighted by Gasteiger charge is -2.13. The van der Waals surface area contributed by atoms with Crippen LogP contribution in [0.4, 0.5) is 4.39 Å². The first-order chi connectivity index (χ1) is 12.9. The maximum Gasteiger partial charge on any atom is 0.340 e. The van der Waals surface area contributed by atoms with E-state index >= 15 is 0 Å². The fraction of sp³-hybridized carbons (Fsp3) is 0.182. The Hall–Kier alpha value is -3.21. The van der Waals surface area contributed by atoms with E-state index < -0.39 is 12.1 Å². The minimum absolute atomic E-state index is 0.253. The van der Waals surface area contributed by atoms with Crippen molar-refractivity contribution in [2.45, 2.75) is 26.9 Å². The highest BCUT2D eigenvalue weighted by Gasteiger charge is 2.23. The number of carbonyl (C=O) groups excluding carboxylic acids is 2. The smallest absolute Gasteiger partial charge is 0.340 e. The van der Waals surface area contributed by atoms with Crippen LogP contribution in [-0.4, -0.2) is 22.4 Å². The van der Waals surface area contributed by atoms with E-state index in [2.05, 4.69) is 0 Å². The van der Waals surface area contributed by atoms with Crippen LogP contribution in [0.2, 0.25) is 0 Å². The maximum atomic E-state index is 13.2. The lowest BCUT2D eigenvalue weighted by Crippen LogP contribution is -2.24. The van der Waals surface area contributed by atoms with Gasteiger partial charge in [-0.3, -0.25) is 4.79 Å². The van der Waals surface area contributed by atoms with Crippen molar-refractivity contribution in [1.82, 2.24) is 4.57 Å². The van der Waals surface area contributed by atoms with Gasteiger partial charge in [0.2, 0.25) is 5.78 Å². The third-order valence-corrected chi connectivity index (χ3v) is 4.45. The molecular formula is C22H20FNO3. The van der Waals surface area contributed by atoms with E-state index in [1.54, 1.807) is 56.3 Å². The predicted molar refractivity (Wildman–Crippen MR) is 101 cm³/mol. The first-order valence-electron chi connectivity index (χ1n) is 8.63. The molecule has 0 N–H and O–H groups in total. The third-order valence-electron chi connectivity index (χ3n) is 4.45. The Bertz CT molecular complexity index is 975. The summed E-state index contributed by atoms with van der Waals surface area (Å²) in [6.07, 6.45) is -0.895. The Balaban J connectivity index is 1.82. The molecule has 0 spiro atoms. The molecule has 2 aromatic carbocycles. The summed E-state index contributed by atoms with van der Waals surface area (Å²) in [5.41, 5.74) is 3.11. The molecule has 1 atom stereocenters. The zero-order chi connectivity index (χ0) is 19.6. The average Bonchev–Trinajstić information content (AvgIpc) is 2.97. The second kappa shape index (κ2) is 7.58. The molecule has 0 aliphatic rings. The van der Waals surface area contributed by atoms with Crippen LogP contribution in [0, 0.1) is 19.7 Å². The van der Waals surface area contributed by atoms with Crippen molar-refractivity contribution in [3.63, 3.8) is 0 Å². The van der Waals surface area contributed by atoms with Crippen LogP contribution in [0.1, 0.15) is 39.0 Å². The molecule has 0 aliphatic carbocycles. The van der Waals surface area contributed by atoms with Gasteiger partial charge in [0.15, 0.2) is 6.10 Å². The second-order valence-electron chi connectivity index (χ2n) is 6.37. The first-order valence-corrected chi connectivity index (χ1v) is 8.63. The second-order valence-corrected chi connectivity index (χ2v) is 6.37. The first kappa shape index (κ1) is 18.6. The van der Waals surface area contributed by atoms with Gasteiger partial charge in [0.05, 0.1) is 5.56 Å². The van der Waals surface area contributed by atoms with Crippen molar-refractivity contribution >= 4 is 11.8 Å². The summed E-state index contributed by atoms with van der Waals surface area (Å²) in [5, 5.41) is 0. The number of hydrogen-bond donors (Lipinski definition) is 0. The summed E-state index contributed by atoms with van der Waals surface area (Å²) in [5.74, 6) is -1.14. The Kier molecular flexibility index (Phi) is 5.21. The van der Waals surface area contributed by atoms with E-state index in [9.17, 15) is 14.0 Å². The minimum atomic E-state index is -0.895. The maximum absolute atomic E-state index is 13.2. The van der Waals surface area contributed by atoms with Gasteiger partial charge in [0.25, 0.3) is 0 Å². The summed E-state index contributed by atoms with van der Waals surface area (Å²) in [6.45, 7) is 5.20. The van der Waals surface area contributed by atoms with Crippen LogP contribution < -0.4 is 0 Å². The van der Waals surface area contributed by atoms with E-state index in [-0.39, 0.29) is 11.6 Å². The summed E-state index contributed by atoms with van der Waals surface area (Å²) in [4.78, 5) is 25.0. The lowest BCUT2D eigenvalue weighted by atomic mass is 10.1. The Labute approximate surface area is 157 Å². The van der Waals surface area contributed by atoms with Crippen LogP contribution in [0.15, 0.2) is 60.7 Å². The van der Waals surface area contributed by atoms with Gasteiger partial charge in [0.1, 0.15) is 5.82 Å². The van der Waals surface area contributed by atoms with Crippen molar-refractivity contribution in [3.8, 4) is 5.69 Å². The Morgan fingerprint density at radius 3 is 2.26 bits per heavy atom. The number of ketones is 1. The van der Waals surface area contributed by atoms with Gasteiger partial charge in [-0.05, 0) is 51.1 Å². The normalized spacial score (nSPS) is 11.9. The quantitative estimate of drug-likeness (QED) is 0.488. The zero-order valence-corrected chi connectivity index (χ0v) is 15.4. The molecule has 0 aliphatic heterocycles. The van der Waals surface area contributed by atoms with Gasteiger partial charge >= 0.3 is 5.97 Å². The molecule has 3 rings (SSSR count). The van der Waals surface area contributed by atoms with Gasteiger partial charge in [0, 0.05) is 22.6 Å². The van der Waals surface area contributed by atoms with E-state index in [0.717, 1.165) is 11.4 Å². The molecule has 0 fully saturated rings. The topological polar surface area (TPSA) is 48.3 Å². The van der Waals surface area contributed by atoms with Crippen LogP contribution in [0.25, 0.3) is 5.69 Å². The molecule has 4 nitrogen and oxygen atoms in total. The number of ether oxygens (including phenoxy) is 1. The van der Waals surface area contributed by atoms with Crippen LogP contribution in [0.5, 0.6) is 0 Å². The number of Topliss-reactive ketones (excluding diaryl/α,β-unsaturated/α-hetero) is 1. The van der Waals surface area contributed by atoms with Gasteiger partial charge in [-0.15, -0.1) is 0 Å². The molecular weight excluding hydrogens is 345 g/mol. The summed E-state index contributed by atoms with van der Waals surface area (Å²) < 4.78 is 20.4. The molecule has 27 heavy (non-hydrogen) atoms. The highest BCUT2D eigenvalue weighted by atomic mass is 19.1. The van der Waals surface area contributed by atoms with Crippen LogP contribution in [-0.2, 0) is 4.74 Å². The van der Waals surface area contributed by atoms with E-state index in [0.29, 0.717) is 16.8 Å². The number of esters is 1. The lowest BCUT2D eigenvalue weighted by molar-refractivity contribution is 0.0318. The molecule has 0 amide bonds. The average molecular weight is 365 g/mol.